The summed E-state index contributed by atoms with van der Waals surface area (Å²) in [5, 5.41) is 3.38. The van der Waals surface area contributed by atoms with E-state index in [1.165, 1.54) is 19.4 Å². The quantitative estimate of drug-likeness (QED) is 0.571. The van der Waals surface area contributed by atoms with E-state index in [9.17, 15) is 0 Å². The van der Waals surface area contributed by atoms with E-state index in [1.807, 2.05) is 0 Å². The molecule has 0 aliphatic carbocycles. The topological polar surface area (TPSA) is 21.3 Å². The van der Waals surface area contributed by atoms with E-state index < -0.39 is 0 Å². The number of hydrogen-bond acceptors (Lipinski definition) is 2. The van der Waals surface area contributed by atoms with Crippen LogP contribution in [0, 0.1) is 5.92 Å². The van der Waals surface area contributed by atoms with Crippen molar-refractivity contribution in [3.8, 4) is 0 Å². The zero-order chi connectivity index (χ0) is 6.10. The summed E-state index contributed by atoms with van der Waals surface area (Å²) in [6.07, 6.45) is 3.11. The van der Waals surface area contributed by atoms with Gasteiger partial charge < -0.3 is 10.1 Å². The average Bonchev–Trinajstić information content (AvgIpc) is 2.33. The Labute approximate surface area is 67.7 Å². The predicted molar refractivity (Wildman–Crippen MR) is 42.6 cm³/mol. The van der Waals surface area contributed by atoms with Crippen LogP contribution >= 0.6 is 12.4 Å². The SMILES string of the molecule is C1C[C@@H]2OCC[C@@H]2CN1.Cl. The zero-order valence-corrected chi connectivity index (χ0v) is 6.82. The minimum absolute atomic E-state index is 0. The van der Waals surface area contributed by atoms with Gasteiger partial charge in [0, 0.05) is 13.2 Å². The molecule has 0 amide bonds. The maximum Gasteiger partial charge on any atom is 0.0628 e. The van der Waals surface area contributed by atoms with Crippen LogP contribution < -0.4 is 5.32 Å². The van der Waals surface area contributed by atoms with Gasteiger partial charge in [-0.2, -0.15) is 0 Å². The second kappa shape index (κ2) is 3.56. The standard InChI is InChI=1S/C7H13NO.ClH/c1-3-8-5-6-2-4-9-7(1)6;/h6-8H,1-5H2;1H/t6-,7+;/m1./s1. The highest BCUT2D eigenvalue weighted by Gasteiger charge is 2.29. The highest BCUT2D eigenvalue weighted by molar-refractivity contribution is 5.85. The molecule has 2 atom stereocenters. The van der Waals surface area contributed by atoms with E-state index in [-0.39, 0.29) is 12.4 Å². The molecule has 2 nitrogen and oxygen atoms in total. The largest absolute Gasteiger partial charge is 0.378 e. The minimum Gasteiger partial charge on any atom is -0.378 e. The van der Waals surface area contributed by atoms with Crippen molar-refractivity contribution >= 4 is 12.4 Å². The van der Waals surface area contributed by atoms with Gasteiger partial charge >= 0.3 is 0 Å². The summed E-state index contributed by atoms with van der Waals surface area (Å²) < 4.78 is 5.52. The summed E-state index contributed by atoms with van der Waals surface area (Å²) in [4.78, 5) is 0. The predicted octanol–water partition coefficient (Wildman–Crippen LogP) is 0.807. The second-order valence-corrected chi connectivity index (χ2v) is 2.95. The molecule has 2 heterocycles. The molecular weight excluding hydrogens is 150 g/mol. The van der Waals surface area contributed by atoms with Gasteiger partial charge in [-0.05, 0) is 25.3 Å². The van der Waals surface area contributed by atoms with Crippen molar-refractivity contribution in [1.29, 1.82) is 0 Å². The monoisotopic (exact) mass is 163 g/mol. The molecule has 0 unspecified atom stereocenters. The van der Waals surface area contributed by atoms with Gasteiger partial charge in [-0.25, -0.2) is 0 Å². The number of ether oxygens (including phenoxy) is 1. The van der Waals surface area contributed by atoms with E-state index in [1.54, 1.807) is 0 Å². The first-order valence-electron chi connectivity index (χ1n) is 3.79. The van der Waals surface area contributed by atoms with Crippen molar-refractivity contribution in [3.05, 3.63) is 0 Å². The van der Waals surface area contributed by atoms with Crippen LogP contribution in [0.25, 0.3) is 0 Å². The molecular formula is C7H14ClNO. The van der Waals surface area contributed by atoms with Crippen molar-refractivity contribution in [3.63, 3.8) is 0 Å². The highest BCUT2D eigenvalue weighted by Crippen LogP contribution is 2.24. The molecule has 2 rings (SSSR count). The molecule has 2 saturated heterocycles. The van der Waals surface area contributed by atoms with Crippen LogP contribution in [-0.2, 0) is 4.74 Å². The molecule has 1 N–H and O–H groups in total. The third kappa shape index (κ3) is 1.44. The zero-order valence-electron chi connectivity index (χ0n) is 6.01. The lowest BCUT2D eigenvalue weighted by atomic mass is 9.96. The lowest BCUT2D eigenvalue weighted by molar-refractivity contribution is 0.0719. The Hall–Kier alpha value is 0.210. The van der Waals surface area contributed by atoms with Crippen LogP contribution in [0.2, 0.25) is 0 Å². The summed E-state index contributed by atoms with van der Waals surface area (Å²) in [7, 11) is 0. The number of piperidine rings is 1. The van der Waals surface area contributed by atoms with E-state index in [2.05, 4.69) is 5.32 Å². The van der Waals surface area contributed by atoms with Crippen LogP contribution in [0.3, 0.4) is 0 Å². The summed E-state index contributed by atoms with van der Waals surface area (Å²) in [5.41, 5.74) is 0. The summed E-state index contributed by atoms with van der Waals surface area (Å²) >= 11 is 0. The highest BCUT2D eigenvalue weighted by atomic mass is 35.5. The van der Waals surface area contributed by atoms with E-state index in [0.29, 0.717) is 6.10 Å². The van der Waals surface area contributed by atoms with E-state index in [0.717, 1.165) is 19.1 Å². The van der Waals surface area contributed by atoms with Gasteiger partial charge in [-0.3, -0.25) is 0 Å². The molecule has 0 spiro atoms. The molecule has 10 heavy (non-hydrogen) atoms. The maximum absolute atomic E-state index is 5.52. The molecule has 0 bridgehead atoms. The van der Waals surface area contributed by atoms with Crippen LogP contribution in [0.1, 0.15) is 12.8 Å². The Morgan fingerprint density at radius 3 is 3.00 bits per heavy atom. The normalized spacial score (nSPS) is 38.4. The Bertz CT molecular complexity index is 97.8. The third-order valence-electron chi connectivity index (χ3n) is 2.36. The molecule has 2 fully saturated rings. The Morgan fingerprint density at radius 2 is 2.20 bits per heavy atom. The molecule has 0 aromatic rings. The summed E-state index contributed by atoms with van der Waals surface area (Å²) in [6.45, 7) is 3.34. The summed E-state index contributed by atoms with van der Waals surface area (Å²) in [5.74, 6) is 0.832. The molecule has 2 aliphatic rings. The van der Waals surface area contributed by atoms with Crippen molar-refractivity contribution in [2.24, 2.45) is 5.92 Å². The first-order valence-corrected chi connectivity index (χ1v) is 3.79. The minimum atomic E-state index is 0. The van der Waals surface area contributed by atoms with E-state index in [4.69, 9.17) is 4.74 Å². The molecule has 0 aromatic heterocycles. The Morgan fingerprint density at radius 1 is 1.30 bits per heavy atom. The lowest BCUT2D eigenvalue weighted by Crippen LogP contribution is -2.37. The molecule has 2 aliphatic heterocycles. The van der Waals surface area contributed by atoms with Crippen LogP contribution in [0.5, 0.6) is 0 Å². The molecule has 60 valence electrons. The average molecular weight is 164 g/mol. The van der Waals surface area contributed by atoms with Crippen LogP contribution in [-0.4, -0.2) is 25.8 Å². The fourth-order valence-electron chi connectivity index (χ4n) is 1.78. The molecule has 0 aromatic carbocycles. The fourth-order valence-corrected chi connectivity index (χ4v) is 1.78. The number of halogens is 1. The van der Waals surface area contributed by atoms with Crippen molar-refractivity contribution < 1.29 is 4.74 Å². The Kier molecular flexibility index (Phi) is 2.96. The van der Waals surface area contributed by atoms with Gasteiger partial charge in [0.05, 0.1) is 6.10 Å². The first kappa shape index (κ1) is 8.31. The molecule has 3 heteroatoms. The number of nitrogens with one attached hydrogen (secondary N) is 1. The number of fused-ring (bicyclic) bond motifs is 1. The molecule has 0 saturated carbocycles. The second-order valence-electron chi connectivity index (χ2n) is 2.95. The van der Waals surface area contributed by atoms with Gasteiger partial charge in [0.25, 0.3) is 0 Å². The summed E-state index contributed by atoms with van der Waals surface area (Å²) in [6, 6.07) is 0. The first-order chi connectivity index (χ1) is 4.47. The van der Waals surface area contributed by atoms with Gasteiger partial charge in [0.1, 0.15) is 0 Å². The van der Waals surface area contributed by atoms with E-state index >= 15 is 0 Å². The number of rotatable bonds is 0. The Balaban J connectivity index is 0.000000500. The van der Waals surface area contributed by atoms with Crippen molar-refractivity contribution in [2.45, 2.75) is 18.9 Å². The number of hydrogen-bond donors (Lipinski definition) is 1. The van der Waals surface area contributed by atoms with Gasteiger partial charge in [-0.15, -0.1) is 12.4 Å². The van der Waals surface area contributed by atoms with Crippen molar-refractivity contribution in [2.75, 3.05) is 19.7 Å². The lowest BCUT2D eigenvalue weighted by Gasteiger charge is -2.24. The smallest absolute Gasteiger partial charge is 0.0628 e. The fraction of sp³-hybridized carbons (Fsp3) is 1.00. The van der Waals surface area contributed by atoms with Gasteiger partial charge in [0.15, 0.2) is 0 Å². The van der Waals surface area contributed by atoms with Crippen molar-refractivity contribution in [1.82, 2.24) is 5.32 Å². The maximum atomic E-state index is 5.52. The van der Waals surface area contributed by atoms with Crippen LogP contribution in [0.15, 0.2) is 0 Å². The molecule has 0 radical (unpaired) electrons. The van der Waals surface area contributed by atoms with Gasteiger partial charge in [0.2, 0.25) is 0 Å². The van der Waals surface area contributed by atoms with Crippen LogP contribution in [0.4, 0.5) is 0 Å². The third-order valence-corrected chi connectivity index (χ3v) is 2.36. The van der Waals surface area contributed by atoms with Gasteiger partial charge in [-0.1, -0.05) is 0 Å².